The molecule has 6 nitrogen and oxygen atoms in total. The lowest BCUT2D eigenvalue weighted by Gasteiger charge is -2.16. The van der Waals surface area contributed by atoms with Crippen molar-refractivity contribution >= 4 is 16.0 Å². The molecule has 20 heavy (non-hydrogen) atoms. The second kappa shape index (κ2) is 7.98. The lowest BCUT2D eigenvalue weighted by atomic mass is 10.1. The maximum absolute atomic E-state index is 11.8. The first-order valence-electron chi connectivity index (χ1n) is 6.29. The molecule has 112 valence electrons. The number of benzene rings is 1. The summed E-state index contributed by atoms with van der Waals surface area (Å²) in [5.41, 5.74) is 0.916. The van der Waals surface area contributed by atoms with Crippen LogP contribution in [0.4, 0.5) is 0 Å². The summed E-state index contributed by atoms with van der Waals surface area (Å²) >= 11 is 0. The first kappa shape index (κ1) is 16.6. The van der Waals surface area contributed by atoms with E-state index in [1.807, 2.05) is 30.3 Å². The highest BCUT2D eigenvalue weighted by Gasteiger charge is 2.17. The zero-order valence-electron chi connectivity index (χ0n) is 11.0. The largest absolute Gasteiger partial charge is 0.481 e. The van der Waals surface area contributed by atoms with Crippen LogP contribution < -0.4 is 4.72 Å². The fourth-order valence-electron chi connectivity index (χ4n) is 1.77. The van der Waals surface area contributed by atoms with Gasteiger partial charge in [0.2, 0.25) is 10.0 Å². The van der Waals surface area contributed by atoms with Gasteiger partial charge in [0.15, 0.2) is 0 Å². The van der Waals surface area contributed by atoms with Crippen molar-refractivity contribution in [1.82, 2.24) is 4.72 Å². The molecule has 0 radical (unpaired) electrons. The van der Waals surface area contributed by atoms with Gasteiger partial charge in [0, 0.05) is 12.5 Å². The molecule has 1 rings (SSSR count). The Balaban J connectivity index is 2.52. The second-order valence-electron chi connectivity index (χ2n) is 4.50. The zero-order valence-corrected chi connectivity index (χ0v) is 11.8. The van der Waals surface area contributed by atoms with Crippen molar-refractivity contribution in [1.29, 1.82) is 0 Å². The summed E-state index contributed by atoms with van der Waals surface area (Å²) in [5.74, 6) is -1.28. The summed E-state index contributed by atoms with van der Waals surface area (Å²) in [6.45, 7) is -0.312. The van der Waals surface area contributed by atoms with Crippen LogP contribution in [0, 0.1) is 0 Å². The molecule has 1 aromatic rings. The number of sulfonamides is 1. The minimum Gasteiger partial charge on any atom is -0.481 e. The molecule has 1 atom stereocenters. The van der Waals surface area contributed by atoms with E-state index in [9.17, 15) is 18.3 Å². The van der Waals surface area contributed by atoms with Crippen LogP contribution in [-0.4, -0.2) is 43.0 Å². The SMILES string of the molecule is O=C(O)CCCS(=O)(=O)N[C@@H](CO)Cc1ccccc1. The van der Waals surface area contributed by atoms with E-state index in [2.05, 4.69) is 4.72 Å². The Morgan fingerprint density at radius 1 is 1.25 bits per heavy atom. The van der Waals surface area contributed by atoms with E-state index in [0.717, 1.165) is 5.56 Å². The topological polar surface area (TPSA) is 104 Å². The maximum Gasteiger partial charge on any atom is 0.303 e. The molecule has 0 saturated carbocycles. The molecule has 0 bridgehead atoms. The molecule has 0 spiro atoms. The third-order valence-corrected chi connectivity index (χ3v) is 4.21. The van der Waals surface area contributed by atoms with Gasteiger partial charge in [-0.1, -0.05) is 30.3 Å². The van der Waals surface area contributed by atoms with Crippen molar-refractivity contribution in [2.45, 2.75) is 25.3 Å². The quantitative estimate of drug-likeness (QED) is 0.611. The van der Waals surface area contributed by atoms with Crippen LogP contribution in [0.2, 0.25) is 0 Å². The molecule has 0 aromatic heterocycles. The number of aliphatic hydroxyl groups is 1. The Hall–Kier alpha value is -1.44. The molecule has 0 aliphatic rings. The Bertz CT molecular complexity index is 515. The van der Waals surface area contributed by atoms with Crippen molar-refractivity contribution < 1.29 is 23.4 Å². The van der Waals surface area contributed by atoms with Gasteiger partial charge < -0.3 is 10.2 Å². The molecular weight excluding hydrogens is 282 g/mol. The van der Waals surface area contributed by atoms with E-state index in [-0.39, 0.29) is 25.2 Å². The van der Waals surface area contributed by atoms with Gasteiger partial charge in [0.05, 0.1) is 12.4 Å². The molecule has 0 amide bonds. The molecule has 1 aromatic carbocycles. The van der Waals surface area contributed by atoms with Crippen molar-refractivity contribution in [3.05, 3.63) is 35.9 Å². The van der Waals surface area contributed by atoms with Crippen molar-refractivity contribution in [2.75, 3.05) is 12.4 Å². The predicted molar refractivity (Wildman–Crippen MR) is 74.8 cm³/mol. The molecule has 0 aliphatic heterocycles. The van der Waals surface area contributed by atoms with E-state index in [0.29, 0.717) is 6.42 Å². The third-order valence-electron chi connectivity index (χ3n) is 2.70. The number of hydrogen-bond donors (Lipinski definition) is 3. The molecule has 0 fully saturated rings. The normalized spacial score (nSPS) is 13.1. The van der Waals surface area contributed by atoms with Crippen LogP contribution >= 0.6 is 0 Å². The van der Waals surface area contributed by atoms with Crippen molar-refractivity contribution in [3.63, 3.8) is 0 Å². The molecule has 0 heterocycles. The highest BCUT2D eigenvalue weighted by atomic mass is 32.2. The van der Waals surface area contributed by atoms with Crippen LogP contribution in [0.25, 0.3) is 0 Å². The Morgan fingerprint density at radius 3 is 2.45 bits per heavy atom. The molecule has 0 saturated heterocycles. The van der Waals surface area contributed by atoms with Gasteiger partial charge in [-0.15, -0.1) is 0 Å². The van der Waals surface area contributed by atoms with Crippen LogP contribution in [0.3, 0.4) is 0 Å². The van der Waals surface area contributed by atoms with Crippen LogP contribution in [0.15, 0.2) is 30.3 Å². The average molecular weight is 301 g/mol. The van der Waals surface area contributed by atoms with Gasteiger partial charge in [0.1, 0.15) is 0 Å². The van der Waals surface area contributed by atoms with Crippen LogP contribution in [-0.2, 0) is 21.2 Å². The van der Waals surface area contributed by atoms with E-state index in [1.54, 1.807) is 0 Å². The van der Waals surface area contributed by atoms with E-state index < -0.39 is 22.0 Å². The van der Waals surface area contributed by atoms with Gasteiger partial charge in [0.25, 0.3) is 0 Å². The predicted octanol–water partition coefficient (Wildman–Crippen LogP) is 0.374. The second-order valence-corrected chi connectivity index (χ2v) is 6.38. The Morgan fingerprint density at radius 2 is 1.90 bits per heavy atom. The van der Waals surface area contributed by atoms with Gasteiger partial charge in [-0.25, -0.2) is 13.1 Å². The minimum atomic E-state index is -3.58. The van der Waals surface area contributed by atoms with E-state index in [1.165, 1.54) is 0 Å². The van der Waals surface area contributed by atoms with Gasteiger partial charge in [-0.05, 0) is 18.4 Å². The van der Waals surface area contributed by atoms with Gasteiger partial charge in [-0.2, -0.15) is 0 Å². The fraction of sp³-hybridized carbons (Fsp3) is 0.462. The Labute approximate surface area is 118 Å². The smallest absolute Gasteiger partial charge is 0.303 e. The van der Waals surface area contributed by atoms with Gasteiger partial charge in [-0.3, -0.25) is 4.79 Å². The number of carboxylic acid groups (broad SMARTS) is 1. The van der Waals surface area contributed by atoms with E-state index >= 15 is 0 Å². The molecule has 0 aliphatic carbocycles. The Kier molecular flexibility index (Phi) is 6.63. The number of carbonyl (C=O) groups is 1. The number of aliphatic carboxylic acids is 1. The van der Waals surface area contributed by atoms with Crippen LogP contribution in [0.1, 0.15) is 18.4 Å². The number of aliphatic hydroxyl groups excluding tert-OH is 1. The standard InChI is InChI=1S/C13H19NO5S/c15-10-12(9-11-5-2-1-3-6-11)14-20(18,19)8-4-7-13(16)17/h1-3,5-6,12,14-15H,4,7-10H2,(H,16,17)/t12-/m1/s1. The van der Waals surface area contributed by atoms with Crippen LogP contribution in [0.5, 0.6) is 0 Å². The zero-order chi connectivity index (χ0) is 15.0. The lowest BCUT2D eigenvalue weighted by molar-refractivity contribution is -0.137. The summed E-state index contributed by atoms with van der Waals surface area (Å²) in [6, 6.07) is 8.62. The lowest BCUT2D eigenvalue weighted by Crippen LogP contribution is -2.40. The summed E-state index contributed by atoms with van der Waals surface area (Å²) in [5, 5.41) is 17.7. The highest BCUT2D eigenvalue weighted by Crippen LogP contribution is 2.05. The van der Waals surface area contributed by atoms with Gasteiger partial charge >= 0.3 is 5.97 Å². The summed E-state index contributed by atoms with van der Waals surface area (Å²) < 4.78 is 25.9. The third kappa shape index (κ3) is 6.65. The van der Waals surface area contributed by atoms with E-state index in [4.69, 9.17) is 5.11 Å². The average Bonchev–Trinajstić information content (AvgIpc) is 2.38. The first-order valence-corrected chi connectivity index (χ1v) is 7.95. The molecule has 7 heteroatoms. The maximum atomic E-state index is 11.8. The highest BCUT2D eigenvalue weighted by molar-refractivity contribution is 7.89. The fourth-order valence-corrected chi connectivity index (χ4v) is 3.08. The monoisotopic (exact) mass is 301 g/mol. The number of nitrogens with one attached hydrogen (secondary N) is 1. The number of rotatable bonds is 9. The summed E-state index contributed by atoms with van der Waals surface area (Å²) in [4.78, 5) is 10.3. The summed E-state index contributed by atoms with van der Waals surface area (Å²) in [6.07, 6.45) is 0.243. The minimum absolute atomic E-state index is 0.0498. The molecular formula is C13H19NO5S. The number of carboxylic acids is 1. The first-order chi connectivity index (χ1) is 9.43. The molecule has 0 unspecified atom stereocenters. The number of hydrogen-bond acceptors (Lipinski definition) is 4. The van der Waals surface area contributed by atoms with Crippen molar-refractivity contribution in [3.8, 4) is 0 Å². The summed E-state index contributed by atoms with van der Waals surface area (Å²) in [7, 11) is -3.58. The molecule has 3 N–H and O–H groups in total. The van der Waals surface area contributed by atoms with Crippen molar-refractivity contribution in [2.24, 2.45) is 0 Å².